The maximum atomic E-state index is 12.8. The second-order valence-electron chi connectivity index (χ2n) is 18.8. The summed E-state index contributed by atoms with van der Waals surface area (Å²) in [7, 11) is 5.88. The maximum absolute atomic E-state index is 12.8. The quantitative estimate of drug-likeness (QED) is 0.0195. The molecule has 0 aromatic rings. The monoisotopic (exact) mass is 986 g/mol. The minimum atomic E-state index is -1.64. The van der Waals surface area contributed by atoms with E-state index in [1.54, 1.807) is 0 Å². The van der Waals surface area contributed by atoms with Crippen molar-refractivity contribution in [2.45, 2.75) is 193 Å². The summed E-state index contributed by atoms with van der Waals surface area (Å²) in [5.74, 6) is -2.38. The fourth-order valence-corrected chi connectivity index (χ4v) is 6.67. The Morgan fingerprint density at radius 3 is 1.24 bits per heavy atom. The van der Waals surface area contributed by atoms with Crippen LogP contribution < -0.4 is 5.11 Å². The van der Waals surface area contributed by atoms with Gasteiger partial charge in [0.1, 0.15) is 13.2 Å². The molecular formula is C62H99NO8. The molecule has 0 aromatic carbocycles. The highest BCUT2D eigenvalue weighted by atomic mass is 16.7. The summed E-state index contributed by atoms with van der Waals surface area (Å²) in [5.41, 5.74) is 0. The van der Waals surface area contributed by atoms with Gasteiger partial charge < -0.3 is 33.3 Å². The first-order chi connectivity index (χ1) is 34.6. The van der Waals surface area contributed by atoms with Gasteiger partial charge in [-0.1, -0.05) is 186 Å². The SMILES string of the molecule is CC/C=C\C/C=C\C/C=C\C/C=C\C/C=C\C/C=C\C/C=C\C/C=C\C/C=C\C/C=C\CCCCC(=O)OC(COC(=O)CCCCCCC/C=C\CCCCCC)COC(OCC[N+](C)(C)C)C(=O)[O-]. The Bertz CT molecular complexity index is 1620. The molecule has 2 unspecified atom stereocenters. The molecule has 0 aliphatic rings. The van der Waals surface area contributed by atoms with Crippen LogP contribution in [-0.2, 0) is 33.3 Å². The molecule has 0 rings (SSSR count). The first-order valence-electron chi connectivity index (χ1n) is 27.3. The van der Waals surface area contributed by atoms with Crippen LogP contribution in [0.15, 0.2) is 134 Å². The van der Waals surface area contributed by atoms with E-state index in [4.69, 9.17) is 18.9 Å². The number of hydrogen-bond donors (Lipinski definition) is 0. The van der Waals surface area contributed by atoms with E-state index in [2.05, 4.69) is 148 Å². The van der Waals surface area contributed by atoms with Crippen LogP contribution in [0.2, 0.25) is 0 Å². The van der Waals surface area contributed by atoms with Crippen molar-refractivity contribution in [1.82, 2.24) is 0 Å². The lowest BCUT2D eigenvalue weighted by Crippen LogP contribution is -2.44. The minimum absolute atomic E-state index is 0.130. The predicted molar refractivity (Wildman–Crippen MR) is 296 cm³/mol. The predicted octanol–water partition coefficient (Wildman–Crippen LogP) is 14.6. The molecule has 71 heavy (non-hydrogen) atoms. The van der Waals surface area contributed by atoms with Gasteiger partial charge in [0, 0.05) is 12.8 Å². The number of carbonyl (C=O) groups excluding carboxylic acids is 3. The lowest BCUT2D eigenvalue weighted by atomic mass is 10.1. The zero-order chi connectivity index (χ0) is 52.0. The zero-order valence-electron chi connectivity index (χ0n) is 45.3. The van der Waals surface area contributed by atoms with E-state index in [0.717, 1.165) is 109 Å². The number of likely N-dealkylation sites (N-methyl/N-ethyl adjacent to an activating group) is 1. The molecule has 0 bridgehead atoms. The van der Waals surface area contributed by atoms with Gasteiger partial charge in [0.25, 0.3) is 0 Å². The average Bonchev–Trinajstić information content (AvgIpc) is 3.34. The van der Waals surface area contributed by atoms with Crippen LogP contribution in [-0.4, -0.2) is 82.3 Å². The van der Waals surface area contributed by atoms with Crippen molar-refractivity contribution < 1.29 is 42.9 Å². The highest BCUT2D eigenvalue weighted by Crippen LogP contribution is 2.12. The molecule has 0 saturated carbocycles. The number of nitrogens with zero attached hydrogens (tertiary/aromatic N) is 1. The highest BCUT2D eigenvalue weighted by Gasteiger charge is 2.21. The van der Waals surface area contributed by atoms with E-state index in [1.165, 1.54) is 32.1 Å². The number of ether oxygens (including phenoxy) is 4. The summed E-state index contributed by atoms with van der Waals surface area (Å²) < 4.78 is 22.5. The van der Waals surface area contributed by atoms with E-state index in [9.17, 15) is 19.5 Å². The summed E-state index contributed by atoms with van der Waals surface area (Å²) in [6.45, 7) is 4.52. The fraction of sp³-hybridized carbons (Fsp3) is 0.597. The van der Waals surface area contributed by atoms with Crippen molar-refractivity contribution in [3.63, 3.8) is 0 Å². The van der Waals surface area contributed by atoms with Gasteiger partial charge in [-0.15, -0.1) is 0 Å². The van der Waals surface area contributed by atoms with Gasteiger partial charge in [0.05, 0.1) is 40.3 Å². The zero-order valence-corrected chi connectivity index (χ0v) is 45.3. The number of rotatable bonds is 48. The lowest BCUT2D eigenvalue weighted by molar-refractivity contribution is -0.870. The van der Waals surface area contributed by atoms with Crippen molar-refractivity contribution >= 4 is 17.9 Å². The summed E-state index contributed by atoms with van der Waals surface area (Å²) in [4.78, 5) is 37.1. The number of hydrogen-bond acceptors (Lipinski definition) is 8. The smallest absolute Gasteiger partial charge is 0.306 e. The number of aliphatic carboxylic acids is 1. The van der Waals surface area contributed by atoms with Crippen molar-refractivity contribution in [1.29, 1.82) is 0 Å². The van der Waals surface area contributed by atoms with E-state index in [0.29, 0.717) is 23.9 Å². The Morgan fingerprint density at radius 1 is 0.437 bits per heavy atom. The topological polar surface area (TPSA) is 111 Å². The summed E-state index contributed by atoms with van der Waals surface area (Å²) in [6, 6.07) is 0. The lowest BCUT2D eigenvalue weighted by Gasteiger charge is -2.26. The second-order valence-corrected chi connectivity index (χ2v) is 18.8. The first kappa shape index (κ1) is 66.4. The highest BCUT2D eigenvalue weighted by molar-refractivity contribution is 5.70. The standard InChI is InChI=1S/C62H99NO8/c1-6-8-10-12-14-16-18-20-21-22-23-24-25-26-27-28-29-30-31-32-33-34-35-36-37-38-39-41-43-45-47-49-51-53-60(65)71-58(57-70-62(61(66)67)68-55-54-63(3,4)5)56-69-59(64)52-50-48-46-44-42-40-19-17-15-13-11-9-7-2/h8,10,14,16-17,19-21,23-24,26-27,29-30,32-33,35-36,38-39,43,45,58,62H,6-7,9,11-13,15,18,22,25,28,31,34,37,40-42,44,46-57H2,1-5H3/b10-8-,16-14-,19-17-,21-20-,24-23-,27-26-,30-29-,33-32-,36-35-,39-38-,45-43-. The normalized spacial score (nSPS) is 13.9. The number of carbonyl (C=O) groups is 3. The molecule has 9 nitrogen and oxygen atoms in total. The van der Waals surface area contributed by atoms with Crippen molar-refractivity contribution in [3.8, 4) is 0 Å². The average molecular weight is 986 g/mol. The fourth-order valence-electron chi connectivity index (χ4n) is 6.67. The van der Waals surface area contributed by atoms with Gasteiger partial charge in [0.2, 0.25) is 0 Å². The molecule has 0 heterocycles. The van der Waals surface area contributed by atoms with Crippen LogP contribution >= 0.6 is 0 Å². The Labute approximate surface area is 433 Å². The van der Waals surface area contributed by atoms with Crippen LogP contribution in [0.4, 0.5) is 0 Å². The van der Waals surface area contributed by atoms with Gasteiger partial charge >= 0.3 is 11.9 Å². The third-order valence-electron chi connectivity index (χ3n) is 10.9. The van der Waals surface area contributed by atoms with Crippen LogP contribution in [0, 0.1) is 0 Å². The molecule has 0 radical (unpaired) electrons. The number of carboxylic acids is 1. The van der Waals surface area contributed by atoms with Gasteiger partial charge in [-0.3, -0.25) is 9.59 Å². The van der Waals surface area contributed by atoms with Crippen molar-refractivity contribution in [2.75, 3.05) is 47.5 Å². The van der Waals surface area contributed by atoms with Gasteiger partial charge in [0.15, 0.2) is 12.4 Å². The molecule has 0 amide bonds. The van der Waals surface area contributed by atoms with Crippen LogP contribution in [0.1, 0.15) is 181 Å². The van der Waals surface area contributed by atoms with E-state index in [-0.39, 0.29) is 38.6 Å². The molecule has 0 aliphatic carbocycles. The van der Waals surface area contributed by atoms with E-state index in [1.807, 2.05) is 21.1 Å². The number of quaternary nitrogens is 1. The molecule has 0 spiro atoms. The van der Waals surface area contributed by atoms with Crippen molar-refractivity contribution in [2.24, 2.45) is 0 Å². The number of esters is 2. The van der Waals surface area contributed by atoms with Gasteiger partial charge in [-0.2, -0.15) is 0 Å². The van der Waals surface area contributed by atoms with Crippen LogP contribution in [0.5, 0.6) is 0 Å². The molecule has 0 aliphatic heterocycles. The number of unbranched alkanes of at least 4 members (excludes halogenated alkanes) is 11. The molecule has 2 atom stereocenters. The van der Waals surface area contributed by atoms with Crippen molar-refractivity contribution in [3.05, 3.63) is 134 Å². The summed E-state index contributed by atoms with van der Waals surface area (Å²) in [6.07, 6.45) is 70.7. The third kappa shape index (κ3) is 53.1. The molecular weight excluding hydrogens is 887 g/mol. The number of carboxylic acid groups (broad SMARTS) is 1. The number of allylic oxidation sites excluding steroid dienone is 22. The second kappa shape index (κ2) is 51.8. The molecule has 9 heteroatoms. The molecule has 0 aromatic heterocycles. The molecule has 0 saturated heterocycles. The van der Waals surface area contributed by atoms with Crippen LogP contribution in [0.3, 0.4) is 0 Å². The minimum Gasteiger partial charge on any atom is -0.545 e. The summed E-state index contributed by atoms with van der Waals surface area (Å²) >= 11 is 0. The Balaban J connectivity index is 4.38. The molecule has 0 fully saturated rings. The Kier molecular flexibility index (Phi) is 48.4. The first-order valence-corrected chi connectivity index (χ1v) is 27.3. The van der Waals surface area contributed by atoms with E-state index >= 15 is 0 Å². The Morgan fingerprint density at radius 2 is 0.803 bits per heavy atom. The third-order valence-corrected chi connectivity index (χ3v) is 10.9. The van der Waals surface area contributed by atoms with Gasteiger partial charge in [-0.05, 0) is 116 Å². The van der Waals surface area contributed by atoms with Gasteiger partial charge in [-0.25, -0.2) is 0 Å². The largest absolute Gasteiger partial charge is 0.545 e. The molecule has 400 valence electrons. The maximum Gasteiger partial charge on any atom is 0.306 e. The Hall–Kier alpha value is -4.57. The van der Waals surface area contributed by atoms with E-state index < -0.39 is 24.3 Å². The molecule has 0 N–H and O–H groups in total. The summed E-state index contributed by atoms with van der Waals surface area (Å²) in [5, 5.41) is 11.7. The van der Waals surface area contributed by atoms with Crippen LogP contribution in [0.25, 0.3) is 0 Å².